The van der Waals surface area contributed by atoms with Gasteiger partial charge in [-0.2, -0.15) is 0 Å². The van der Waals surface area contributed by atoms with Gasteiger partial charge < -0.3 is 25.2 Å². The van der Waals surface area contributed by atoms with Crippen LogP contribution in [-0.2, 0) is 53.1 Å². The number of para-hydroxylation sites is 2. The monoisotopic (exact) mass is 900 g/mol. The zero-order chi connectivity index (χ0) is 42.9. The maximum atomic E-state index is 12.8. The summed E-state index contributed by atoms with van der Waals surface area (Å²) in [7, 11) is 0. The lowest BCUT2D eigenvalue weighted by Crippen LogP contribution is -2.39. The summed E-state index contributed by atoms with van der Waals surface area (Å²) in [6.07, 6.45) is 8.38. The van der Waals surface area contributed by atoms with Gasteiger partial charge in [-0.05, 0) is 101 Å². The van der Waals surface area contributed by atoms with E-state index in [4.69, 9.17) is 24.9 Å². The van der Waals surface area contributed by atoms with E-state index in [-0.39, 0.29) is 25.1 Å². The van der Waals surface area contributed by atoms with Crippen LogP contribution in [0.15, 0.2) is 48.5 Å². The number of nitrogens with one attached hydrogen (secondary N) is 1. The molecule has 4 aromatic heterocycles. The van der Waals surface area contributed by atoms with Crippen molar-refractivity contribution in [3.8, 4) is 21.1 Å². The molecule has 0 radical (unpaired) electrons. The van der Waals surface area contributed by atoms with Crippen molar-refractivity contribution in [2.75, 3.05) is 26.3 Å². The molecule has 61 heavy (non-hydrogen) atoms. The van der Waals surface area contributed by atoms with Crippen molar-refractivity contribution in [2.45, 2.75) is 117 Å². The SMILES string of the molecule is CC(C)(C)OC(=O)N1CCc2c(sc(CC(=O)CCCCCO)c2-c2nc3ccccc3s2)C1.O=C(CCCCCO)Cc1sc2c(c1-c1nc3ccccc3s1)CCNC2. The molecule has 0 saturated heterocycles. The number of amides is 1. The minimum absolute atomic E-state index is 0.168. The van der Waals surface area contributed by atoms with Gasteiger partial charge in [0.2, 0.25) is 0 Å². The summed E-state index contributed by atoms with van der Waals surface area (Å²) in [5, 5.41) is 23.3. The summed E-state index contributed by atoms with van der Waals surface area (Å²) < 4.78 is 7.92. The third kappa shape index (κ3) is 11.6. The highest BCUT2D eigenvalue weighted by Gasteiger charge is 2.31. The maximum Gasteiger partial charge on any atom is 0.410 e. The number of hydrogen-bond acceptors (Lipinski definition) is 13. The highest BCUT2D eigenvalue weighted by atomic mass is 32.1. The van der Waals surface area contributed by atoms with E-state index in [0.29, 0.717) is 44.6 Å². The smallest absolute Gasteiger partial charge is 0.410 e. The van der Waals surface area contributed by atoms with Gasteiger partial charge in [0, 0.05) is 82.6 Å². The molecule has 2 aliphatic rings. The standard InChI is InChI=1S/C26H32N2O4S2.C21H24N2O2S2/c1-26(2,3)32-25(31)28-13-12-18-22(16-28)33-21(15-17(30)9-5-4-8-14-29)23(18)24-27-19-10-6-7-11-20(19)34-24;24-11-5-1-2-6-14(25)12-18-20(15-9-10-22-13-19(15)26-18)21-23-16-7-3-4-8-17(16)27-21/h6-7,10-11,29H,4-5,8-9,12-16H2,1-3H3;3-4,7-8,22,24H,1-2,5-6,9-13H2. The van der Waals surface area contributed by atoms with E-state index in [0.717, 1.165) is 106 Å². The third-order valence-corrected chi connectivity index (χ3v) is 15.3. The average molecular weight is 901 g/mol. The predicted molar refractivity (Wildman–Crippen MR) is 250 cm³/mol. The van der Waals surface area contributed by atoms with Crippen molar-refractivity contribution in [3.63, 3.8) is 0 Å². The molecule has 10 nitrogen and oxygen atoms in total. The zero-order valence-corrected chi connectivity index (χ0v) is 38.6. The Balaban J connectivity index is 0.000000189. The van der Waals surface area contributed by atoms with Crippen LogP contribution >= 0.6 is 45.3 Å². The Bertz CT molecular complexity index is 2390. The Morgan fingerprint density at radius 1 is 0.705 bits per heavy atom. The molecular formula is C47H56N4O6S4. The summed E-state index contributed by atoms with van der Waals surface area (Å²) >= 11 is 6.81. The number of thiazole rings is 2. The number of ketones is 2. The fourth-order valence-electron chi connectivity index (χ4n) is 7.79. The number of thiophene rings is 2. The first kappa shape index (κ1) is 45.1. The predicted octanol–water partition coefficient (Wildman–Crippen LogP) is 10.3. The fraction of sp³-hybridized carbons (Fsp3) is 0.468. The van der Waals surface area contributed by atoms with Gasteiger partial charge in [0.25, 0.3) is 0 Å². The summed E-state index contributed by atoms with van der Waals surface area (Å²) in [6.45, 7) is 8.96. The van der Waals surface area contributed by atoms with E-state index in [1.165, 1.54) is 31.1 Å². The first-order valence-corrected chi connectivity index (χ1v) is 24.7. The number of benzene rings is 2. The molecule has 3 N–H and O–H groups in total. The van der Waals surface area contributed by atoms with Crippen molar-refractivity contribution in [3.05, 3.63) is 79.2 Å². The summed E-state index contributed by atoms with van der Waals surface area (Å²) in [5.74, 6) is 0.504. The van der Waals surface area contributed by atoms with Crippen LogP contribution in [0, 0.1) is 0 Å². The normalized spacial score (nSPS) is 13.8. The van der Waals surface area contributed by atoms with Gasteiger partial charge in [0.1, 0.15) is 27.2 Å². The van der Waals surface area contributed by atoms with Crippen LogP contribution in [-0.4, -0.2) is 74.6 Å². The lowest BCUT2D eigenvalue weighted by Gasteiger charge is -2.30. The molecule has 0 fully saturated rings. The second-order valence-electron chi connectivity index (χ2n) is 16.7. The van der Waals surface area contributed by atoms with Gasteiger partial charge in [-0.25, -0.2) is 14.8 Å². The highest BCUT2D eigenvalue weighted by Crippen LogP contribution is 2.44. The number of carbonyl (C=O) groups excluding carboxylic acids is 3. The van der Waals surface area contributed by atoms with Crippen LogP contribution in [0.3, 0.4) is 0 Å². The molecule has 0 bridgehead atoms. The average Bonchev–Trinajstić information content (AvgIpc) is 4.02. The second-order valence-corrected chi connectivity index (χ2v) is 21.1. The van der Waals surface area contributed by atoms with Crippen molar-refractivity contribution in [2.24, 2.45) is 0 Å². The third-order valence-electron chi connectivity index (χ3n) is 10.7. The second kappa shape index (κ2) is 21.0. The lowest BCUT2D eigenvalue weighted by atomic mass is 9.99. The number of unbranched alkanes of at least 4 members (excludes halogenated alkanes) is 4. The maximum absolute atomic E-state index is 12.8. The van der Waals surface area contributed by atoms with Crippen LogP contribution in [0.5, 0.6) is 0 Å². The molecule has 324 valence electrons. The van der Waals surface area contributed by atoms with Crippen LogP contribution in [0.25, 0.3) is 41.6 Å². The van der Waals surface area contributed by atoms with E-state index in [9.17, 15) is 14.4 Å². The van der Waals surface area contributed by atoms with E-state index in [2.05, 4.69) is 23.5 Å². The van der Waals surface area contributed by atoms with Crippen LogP contribution < -0.4 is 5.32 Å². The first-order valence-electron chi connectivity index (χ1n) is 21.4. The quantitative estimate of drug-likeness (QED) is 0.0810. The Labute approximate surface area is 374 Å². The number of Topliss-reactive ketones (excluding diaryl/α,β-unsaturated/α-hetero) is 2. The lowest BCUT2D eigenvalue weighted by molar-refractivity contribution is -0.119. The molecule has 0 spiro atoms. The number of fused-ring (bicyclic) bond motifs is 4. The topological polar surface area (TPSA) is 142 Å². The Morgan fingerprint density at radius 3 is 1.75 bits per heavy atom. The van der Waals surface area contributed by atoms with Crippen molar-refractivity contribution >= 4 is 83.4 Å². The van der Waals surface area contributed by atoms with Crippen LogP contribution in [0.2, 0.25) is 0 Å². The Morgan fingerprint density at radius 2 is 1.23 bits per heavy atom. The molecule has 1 amide bonds. The number of hydrogen-bond donors (Lipinski definition) is 3. The van der Waals surface area contributed by atoms with Gasteiger partial charge in [-0.15, -0.1) is 45.3 Å². The molecule has 8 rings (SSSR count). The van der Waals surface area contributed by atoms with Crippen molar-refractivity contribution in [1.82, 2.24) is 20.2 Å². The summed E-state index contributed by atoms with van der Waals surface area (Å²) in [4.78, 5) is 54.3. The molecule has 0 aliphatic carbocycles. The first-order chi connectivity index (χ1) is 29.5. The Hall–Kier alpha value is -3.89. The minimum Gasteiger partial charge on any atom is -0.444 e. The number of aliphatic hydroxyl groups excluding tert-OH is 2. The number of rotatable bonds is 16. The molecule has 2 aliphatic heterocycles. The van der Waals surface area contributed by atoms with Crippen LogP contribution in [0.4, 0.5) is 4.79 Å². The largest absolute Gasteiger partial charge is 0.444 e. The molecule has 0 saturated carbocycles. The van der Waals surface area contributed by atoms with Gasteiger partial charge in [0.05, 0.1) is 27.0 Å². The molecule has 6 aromatic rings. The van der Waals surface area contributed by atoms with Gasteiger partial charge >= 0.3 is 6.09 Å². The van der Waals surface area contributed by atoms with Crippen LogP contribution in [0.1, 0.15) is 103 Å². The molecule has 6 heterocycles. The molecule has 0 unspecified atom stereocenters. The van der Waals surface area contributed by atoms with E-state index < -0.39 is 5.60 Å². The van der Waals surface area contributed by atoms with Gasteiger partial charge in [0.15, 0.2) is 0 Å². The molecule has 0 atom stereocenters. The minimum atomic E-state index is -0.535. The number of ether oxygens (including phenoxy) is 1. The highest BCUT2D eigenvalue weighted by molar-refractivity contribution is 7.22. The van der Waals surface area contributed by atoms with Crippen molar-refractivity contribution in [1.29, 1.82) is 0 Å². The summed E-state index contributed by atoms with van der Waals surface area (Å²) in [6, 6.07) is 16.3. The fourth-order valence-corrected chi connectivity index (χ4v) is 12.8. The van der Waals surface area contributed by atoms with E-state index >= 15 is 0 Å². The zero-order valence-electron chi connectivity index (χ0n) is 35.3. The molecule has 14 heteroatoms. The van der Waals surface area contributed by atoms with E-state index in [1.807, 2.05) is 51.1 Å². The summed E-state index contributed by atoms with van der Waals surface area (Å²) in [5.41, 5.74) is 6.39. The number of aliphatic hydroxyl groups is 2. The number of carbonyl (C=O) groups is 3. The van der Waals surface area contributed by atoms with E-state index in [1.54, 1.807) is 50.2 Å². The molecular weight excluding hydrogens is 845 g/mol. The Kier molecular flexibility index (Phi) is 15.5. The number of nitrogens with zero attached hydrogens (tertiary/aromatic N) is 3. The number of aromatic nitrogens is 2. The van der Waals surface area contributed by atoms with Crippen molar-refractivity contribution < 1.29 is 29.3 Å². The van der Waals surface area contributed by atoms with Gasteiger partial charge in [-0.3, -0.25) is 9.59 Å². The van der Waals surface area contributed by atoms with Gasteiger partial charge in [-0.1, -0.05) is 37.1 Å². The molecule has 2 aromatic carbocycles.